The number of aliphatic hydroxyl groups excluding tert-OH is 1. The molecule has 1 saturated carbocycles. The molecule has 35 heavy (non-hydrogen) atoms. The number of hydrogen-bond acceptors (Lipinski definition) is 6. The Hall–Kier alpha value is -3.49. The van der Waals surface area contributed by atoms with E-state index in [4.69, 9.17) is 14.9 Å². The Labute approximate surface area is 203 Å². The van der Waals surface area contributed by atoms with E-state index in [1.165, 1.54) is 0 Å². The highest BCUT2D eigenvalue weighted by Gasteiger charge is 2.38. The average molecular weight is 479 g/mol. The van der Waals surface area contributed by atoms with Gasteiger partial charge in [-0.25, -0.2) is 4.68 Å². The number of aliphatic hydroxyl groups is 2. The van der Waals surface area contributed by atoms with Gasteiger partial charge in [-0.3, -0.25) is 9.59 Å². The van der Waals surface area contributed by atoms with E-state index in [2.05, 4.69) is 0 Å². The lowest BCUT2D eigenvalue weighted by Gasteiger charge is -2.34. The number of aromatic nitrogens is 2. The summed E-state index contributed by atoms with van der Waals surface area (Å²) in [5, 5.41) is 34.4. The van der Waals surface area contributed by atoms with Gasteiger partial charge in [0.2, 0.25) is 0 Å². The Morgan fingerprint density at radius 2 is 1.71 bits per heavy atom. The molecule has 1 aliphatic rings. The molecule has 1 heterocycles. The predicted octanol–water partition coefficient (Wildman–Crippen LogP) is 3.88. The Kier molecular flexibility index (Phi) is 7.33. The largest absolute Gasteiger partial charge is 0.481 e. The second-order valence-electron chi connectivity index (χ2n) is 9.13. The number of aryl methyl sites for hydroxylation is 1. The molecule has 3 N–H and O–H groups in total. The maximum Gasteiger partial charge on any atom is 0.306 e. The monoisotopic (exact) mass is 478 g/mol. The van der Waals surface area contributed by atoms with Crippen LogP contribution in [0, 0.1) is 6.92 Å². The van der Waals surface area contributed by atoms with Crippen molar-refractivity contribution in [1.82, 2.24) is 9.78 Å². The summed E-state index contributed by atoms with van der Waals surface area (Å²) in [6.07, 6.45) is 0.917. The fourth-order valence-electron chi connectivity index (χ4n) is 4.37. The van der Waals surface area contributed by atoms with Crippen molar-refractivity contribution in [3.05, 3.63) is 71.4 Å². The molecule has 1 aromatic heterocycles. The Bertz CT molecular complexity index is 1180. The highest BCUT2D eigenvalue weighted by Crippen LogP contribution is 2.39. The summed E-state index contributed by atoms with van der Waals surface area (Å²) in [4.78, 5) is 22.6. The third-order valence-corrected chi connectivity index (χ3v) is 6.50. The molecular formula is C27H30N2O6. The van der Waals surface area contributed by atoms with E-state index in [-0.39, 0.29) is 25.6 Å². The number of esters is 1. The second kappa shape index (κ2) is 10.4. The molecule has 0 atom stereocenters. The van der Waals surface area contributed by atoms with Gasteiger partial charge >= 0.3 is 11.9 Å². The minimum Gasteiger partial charge on any atom is -0.481 e. The number of benzene rings is 2. The van der Waals surface area contributed by atoms with Gasteiger partial charge in [-0.2, -0.15) is 5.10 Å². The van der Waals surface area contributed by atoms with Crippen LogP contribution < -0.4 is 0 Å². The average Bonchev–Trinajstić information content (AvgIpc) is 3.31. The molecule has 0 bridgehead atoms. The zero-order valence-electron chi connectivity index (χ0n) is 19.7. The highest BCUT2D eigenvalue weighted by atomic mass is 16.5. The van der Waals surface area contributed by atoms with Crippen LogP contribution in [0.4, 0.5) is 0 Å². The molecule has 2 aromatic carbocycles. The first-order valence-electron chi connectivity index (χ1n) is 11.8. The molecule has 1 fully saturated rings. The molecule has 0 radical (unpaired) electrons. The number of rotatable bonds is 8. The number of ether oxygens (including phenoxy) is 1. The molecule has 0 saturated heterocycles. The molecule has 8 nitrogen and oxygen atoms in total. The lowest BCUT2D eigenvalue weighted by atomic mass is 9.81. The topological polar surface area (TPSA) is 122 Å². The van der Waals surface area contributed by atoms with Crippen molar-refractivity contribution in [1.29, 1.82) is 0 Å². The second-order valence-corrected chi connectivity index (χ2v) is 9.13. The molecule has 0 unspecified atom stereocenters. The van der Waals surface area contributed by atoms with Gasteiger partial charge in [0.15, 0.2) is 0 Å². The molecule has 8 heteroatoms. The van der Waals surface area contributed by atoms with Gasteiger partial charge in [-0.15, -0.1) is 0 Å². The molecule has 0 spiro atoms. The van der Waals surface area contributed by atoms with Crippen LogP contribution in [0.5, 0.6) is 0 Å². The lowest BCUT2D eigenvalue weighted by Crippen LogP contribution is -2.35. The number of carbonyl (C=O) groups excluding carboxylic acids is 1. The van der Waals surface area contributed by atoms with Crippen molar-refractivity contribution in [2.45, 2.75) is 63.8 Å². The van der Waals surface area contributed by atoms with E-state index in [1.807, 2.05) is 61.5 Å². The number of carboxylic acid groups (broad SMARTS) is 1. The Morgan fingerprint density at radius 3 is 2.31 bits per heavy atom. The molecule has 4 rings (SSSR count). The molecule has 0 amide bonds. The van der Waals surface area contributed by atoms with E-state index in [9.17, 15) is 19.8 Å². The Balaban J connectivity index is 1.57. The van der Waals surface area contributed by atoms with E-state index in [1.54, 1.807) is 4.68 Å². The van der Waals surface area contributed by atoms with Gasteiger partial charge in [-0.05, 0) is 56.4 Å². The van der Waals surface area contributed by atoms with E-state index < -0.39 is 17.5 Å². The smallest absolute Gasteiger partial charge is 0.306 e. The first kappa shape index (κ1) is 24.6. The summed E-state index contributed by atoms with van der Waals surface area (Å²) in [5.74, 6) is -1.56. The quantitative estimate of drug-likeness (QED) is 0.420. The van der Waals surface area contributed by atoms with Crippen molar-refractivity contribution in [3.8, 4) is 16.9 Å². The summed E-state index contributed by atoms with van der Waals surface area (Å²) in [6, 6.07) is 17.5. The van der Waals surface area contributed by atoms with Crippen LogP contribution in [-0.4, -0.2) is 43.1 Å². The molecule has 3 aromatic rings. The minimum absolute atomic E-state index is 0.0444. The van der Waals surface area contributed by atoms with Crippen LogP contribution >= 0.6 is 0 Å². The zero-order chi connectivity index (χ0) is 25.0. The molecule has 184 valence electrons. The summed E-state index contributed by atoms with van der Waals surface area (Å²) in [7, 11) is 0. The van der Waals surface area contributed by atoms with Crippen LogP contribution in [0.25, 0.3) is 16.9 Å². The predicted molar refractivity (Wildman–Crippen MR) is 129 cm³/mol. The Morgan fingerprint density at radius 1 is 1.06 bits per heavy atom. The lowest BCUT2D eigenvalue weighted by molar-refractivity contribution is -0.156. The van der Waals surface area contributed by atoms with Gasteiger partial charge < -0.3 is 20.1 Å². The summed E-state index contributed by atoms with van der Waals surface area (Å²) in [5.41, 5.74) is 3.94. The van der Waals surface area contributed by atoms with Gasteiger partial charge in [0.1, 0.15) is 11.7 Å². The van der Waals surface area contributed by atoms with Crippen molar-refractivity contribution in [3.63, 3.8) is 0 Å². The van der Waals surface area contributed by atoms with Gasteiger partial charge in [0.25, 0.3) is 0 Å². The zero-order valence-corrected chi connectivity index (χ0v) is 19.7. The van der Waals surface area contributed by atoms with Crippen molar-refractivity contribution in [2.75, 3.05) is 0 Å². The van der Waals surface area contributed by atoms with Gasteiger partial charge in [0, 0.05) is 5.56 Å². The molecular weight excluding hydrogens is 448 g/mol. The standard InChI is InChI=1S/C27H30N2O6/c1-18-2-6-20(7-3-18)23-16-24(28-29(23)21-8-4-19(17-30)5-9-21)27(34)14-12-22(13-15-27)35-26(33)11-10-25(31)32/h2-9,16,22,30,34H,10-15,17H2,1H3,(H,31,32). The third kappa shape index (κ3) is 5.78. The number of aliphatic carboxylic acids is 1. The minimum atomic E-state index is -1.17. The number of carbonyl (C=O) groups is 2. The third-order valence-electron chi connectivity index (χ3n) is 6.50. The fraction of sp³-hybridized carbons (Fsp3) is 0.370. The maximum absolute atomic E-state index is 11.9. The van der Waals surface area contributed by atoms with E-state index in [0.29, 0.717) is 31.4 Å². The van der Waals surface area contributed by atoms with Crippen LogP contribution in [0.15, 0.2) is 54.6 Å². The van der Waals surface area contributed by atoms with Crippen molar-refractivity contribution >= 4 is 11.9 Å². The number of nitrogens with zero attached hydrogens (tertiary/aromatic N) is 2. The van der Waals surface area contributed by atoms with E-state index >= 15 is 0 Å². The van der Waals surface area contributed by atoms with E-state index in [0.717, 1.165) is 28.1 Å². The maximum atomic E-state index is 11.9. The SMILES string of the molecule is Cc1ccc(-c2cc(C3(O)CCC(OC(=O)CCC(=O)O)CC3)nn2-c2ccc(CO)cc2)cc1. The first-order chi connectivity index (χ1) is 16.8. The van der Waals surface area contributed by atoms with Crippen LogP contribution in [-0.2, 0) is 26.5 Å². The van der Waals surface area contributed by atoms with Crippen LogP contribution in [0.1, 0.15) is 55.3 Å². The molecule has 1 aliphatic carbocycles. The normalized spacial score (nSPS) is 19.9. The van der Waals surface area contributed by atoms with Crippen LogP contribution in [0.3, 0.4) is 0 Å². The summed E-state index contributed by atoms with van der Waals surface area (Å²) >= 11 is 0. The number of hydrogen-bond donors (Lipinski definition) is 3. The number of carboxylic acids is 1. The summed E-state index contributed by atoms with van der Waals surface area (Å²) < 4.78 is 7.21. The molecule has 0 aliphatic heterocycles. The highest BCUT2D eigenvalue weighted by molar-refractivity contribution is 5.76. The fourth-order valence-corrected chi connectivity index (χ4v) is 4.37. The van der Waals surface area contributed by atoms with Gasteiger partial charge in [0.05, 0.1) is 36.5 Å². The van der Waals surface area contributed by atoms with Crippen LogP contribution in [0.2, 0.25) is 0 Å². The van der Waals surface area contributed by atoms with Gasteiger partial charge in [-0.1, -0.05) is 42.0 Å². The summed E-state index contributed by atoms with van der Waals surface area (Å²) in [6.45, 7) is 1.98. The first-order valence-corrected chi connectivity index (χ1v) is 11.8. The van der Waals surface area contributed by atoms with Crippen molar-refractivity contribution in [2.24, 2.45) is 0 Å². The van der Waals surface area contributed by atoms with Crippen molar-refractivity contribution < 1.29 is 29.6 Å².